The molecule has 0 fully saturated rings. The van der Waals surface area contributed by atoms with Crippen LogP contribution in [0.1, 0.15) is 12.5 Å². The Morgan fingerprint density at radius 3 is 2.35 bits per heavy atom. The molecule has 0 bridgehead atoms. The molecule has 0 aliphatic rings. The van der Waals surface area contributed by atoms with Gasteiger partial charge in [0.25, 0.3) is 0 Å². The Labute approximate surface area is 142 Å². The topological polar surface area (TPSA) is 8.81 Å². The largest absolute Gasteiger partial charge is 2.00 e. The van der Waals surface area contributed by atoms with Crippen molar-refractivity contribution in [2.24, 2.45) is 0 Å². The van der Waals surface area contributed by atoms with Crippen molar-refractivity contribution in [3.63, 3.8) is 0 Å². The van der Waals surface area contributed by atoms with Gasteiger partial charge >= 0.3 is 17.1 Å². The summed E-state index contributed by atoms with van der Waals surface area (Å²) in [5.41, 5.74) is 1.36. The van der Waals surface area contributed by atoms with Crippen LogP contribution in [0, 0.1) is 0 Å². The van der Waals surface area contributed by atoms with Crippen LogP contribution in [0.5, 0.6) is 0 Å². The molecule has 3 aromatic rings. The number of imidazole rings is 1. The smallest absolute Gasteiger partial charge is 1.00 e. The van der Waals surface area contributed by atoms with Gasteiger partial charge in [-0.25, -0.2) is 33.4 Å². The van der Waals surface area contributed by atoms with Crippen molar-refractivity contribution in [2.75, 3.05) is 0 Å². The molecule has 0 amide bonds. The minimum Gasteiger partial charge on any atom is -1.00 e. The Kier molecular flexibility index (Phi) is 10.1. The summed E-state index contributed by atoms with van der Waals surface area (Å²) in [7, 11) is 0. The molecular weight excluding hydrogens is 356 g/mol. The summed E-state index contributed by atoms with van der Waals surface area (Å²) in [6.07, 6.45) is 6.34. The van der Waals surface area contributed by atoms with Gasteiger partial charge < -0.3 is 17.0 Å². The fourth-order valence-corrected chi connectivity index (χ4v) is 1.77. The van der Waals surface area contributed by atoms with E-state index in [9.17, 15) is 0 Å². The second-order valence-corrected chi connectivity index (χ2v) is 4.17. The zero-order valence-corrected chi connectivity index (χ0v) is 14.2. The van der Waals surface area contributed by atoms with Crippen LogP contribution in [0.2, 0.25) is 0 Å². The van der Waals surface area contributed by atoms with Gasteiger partial charge in [-0.05, 0) is 6.92 Å². The van der Waals surface area contributed by atoms with E-state index < -0.39 is 0 Å². The Bertz CT molecular complexity index is 509. The summed E-state index contributed by atoms with van der Waals surface area (Å²) < 4.78 is 4.36. The van der Waals surface area contributed by atoms with Gasteiger partial charge in [0.05, 0.1) is 13.1 Å². The maximum Gasteiger partial charge on any atom is 2.00 e. The van der Waals surface area contributed by atoms with Gasteiger partial charge in [-0.15, -0.1) is 5.56 Å². The second-order valence-electron chi connectivity index (χ2n) is 4.17. The summed E-state index contributed by atoms with van der Waals surface area (Å²) in [4.78, 5) is 0. The zero-order chi connectivity index (χ0) is 12.6. The van der Waals surface area contributed by atoms with Gasteiger partial charge in [-0.1, -0.05) is 0 Å². The number of aromatic nitrogens is 2. The van der Waals surface area contributed by atoms with Crippen LogP contribution < -0.4 is 21.5 Å². The molecule has 0 radical (unpaired) electrons. The third kappa shape index (κ3) is 6.38. The maximum atomic E-state index is 2.19. The number of aryl methyl sites for hydroxylation is 1. The SMILES string of the molecule is CCn1cc[n+](Cc2ccc[cH-]2)c1.[Br-].[Fe+2].c1cc[cH-]c1. The molecule has 0 aliphatic heterocycles. The van der Waals surface area contributed by atoms with Crippen molar-refractivity contribution in [1.82, 2.24) is 4.57 Å². The first-order valence-corrected chi connectivity index (χ1v) is 6.30. The van der Waals surface area contributed by atoms with Gasteiger partial charge in [0.15, 0.2) is 0 Å². The molecule has 4 heteroatoms. The first-order valence-electron chi connectivity index (χ1n) is 6.30. The van der Waals surface area contributed by atoms with Crippen LogP contribution in [0.25, 0.3) is 0 Å². The molecule has 0 saturated carbocycles. The summed E-state index contributed by atoms with van der Waals surface area (Å²) >= 11 is 0. The minimum absolute atomic E-state index is 0. The van der Waals surface area contributed by atoms with Gasteiger partial charge in [0.2, 0.25) is 6.33 Å². The molecule has 0 saturated heterocycles. The Balaban J connectivity index is 0.000000443. The molecule has 0 atom stereocenters. The van der Waals surface area contributed by atoms with Crippen LogP contribution in [0.3, 0.4) is 0 Å². The molecule has 20 heavy (non-hydrogen) atoms. The number of hydrogen-bond acceptors (Lipinski definition) is 0. The quantitative estimate of drug-likeness (QED) is 0.346. The normalized spacial score (nSPS) is 8.85. The first kappa shape index (κ1) is 18.9. The second kappa shape index (κ2) is 10.7. The Hall–Kier alpha value is -1.09. The zero-order valence-electron chi connectivity index (χ0n) is 11.5. The van der Waals surface area contributed by atoms with Crippen LogP contribution >= 0.6 is 0 Å². The molecule has 2 aromatic carbocycles. The van der Waals surface area contributed by atoms with Crippen LogP contribution in [0.15, 0.2) is 73.3 Å². The predicted octanol–water partition coefficient (Wildman–Crippen LogP) is -0.0303. The van der Waals surface area contributed by atoms with Gasteiger partial charge in [0, 0.05) is 0 Å². The number of hydrogen-bond donors (Lipinski definition) is 0. The monoisotopic (exact) mass is 374 g/mol. The van der Waals surface area contributed by atoms with E-state index in [4.69, 9.17) is 0 Å². The molecule has 0 aliphatic carbocycles. The fraction of sp³-hybridized carbons (Fsp3) is 0.188. The van der Waals surface area contributed by atoms with Crippen molar-refractivity contribution < 1.29 is 38.6 Å². The van der Waals surface area contributed by atoms with Crippen LogP contribution in [0.4, 0.5) is 0 Å². The molecule has 0 spiro atoms. The summed E-state index contributed by atoms with van der Waals surface area (Å²) in [6, 6.07) is 18.5. The first-order chi connectivity index (χ1) is 8.88. The van der Waals surface area contributed by atoms with Gasteiger partial charge in [-0.3, -0.25) is 0 Å². The molecule has 108 valence electrons. The molecule has 1 heterocycles. The van der Waals surface area contributed by atoms with E-state index in [0.717, 1.165) is 13.1 Å². The van der Waals surface area contributed by atoms with Crippen molar-refractivity contribution in [1.29, 1.82) is 0 Å². The van der Waals surface area contributed by atoms with E-state index in [0.29, 0.717) is 0 Å². The summed E-state index contributed by atoms with van der Waals surface area (Å²) in [5.74, 6) is 0. The van der Waals surface area contributed by atoms with Crippen LogP contribution in [-0.4, -0.2) is 4.57 Å². The fourth-order valence-electron chi connectivity index (χ4n) is 1.77. The average Bonchev–Trinajstić information content (AvgIpc) is 3.15. The molecule has 0 N–H and O–H groups in total. The average molecular weight is 375 g/mol. The minimum atomic E-state index is 0. The third-order valence-electron chi connectivity index (χ3n) is 2.76. The van der Waals surface area contributed by atoms with E-state index in [-0.39, 0.29) is 34.1 Å². The third-order valence-corrected chi connectivity index (χ3v) is 2.76. The Morgan fingerprint density at radius 2 is 1.90 bits per heavy atom. The molecule has 3 rings (SSSR count). The summed E-state index contributed by atoms with van der Waals surface area (Å²) in [5, 5.41) is 0. The van der Waals surface area contributed by atoms with Gasteiger partial charge in [-0.2, -0.15) is 30.3 Å². The number of halogens is 1. The molecule has 0 unspecified atom stereocenters. The number of rotatable bonds is 3. The van der Waals surface area contributed by atoms with Crippen molar-refractivity contribution in [2.45, 2.75) is 20.0 Å². The predicted molar refractivity (Wildman–Crippen MR) is 73.5 cm³/mol. The summed E-state index contributed by atoms with van der Waals surface area (Å²) in [6.45, 7) is 4.15. The number of nitrogens with zero attached hydrogens (tertiary/aromatic N) is 2. The molecule has 2 nitrogen and oxygen atoms in total. The Morgan fingerprint density at radius 1 is 1.15 bits per heavy atom. The maximum absolute atomic E-state index is 2.19. The van der Waals surface area contributed by atoms with Crippen LogP contribution in [-0.2, 0) is 30.2 Å². The van der Waals surface area contributed by atoms with Crippen molar-refractivity contribution >= 4 is 0 Å². The van der Waals surface area contributed by atoms with E-state index in [2.05, 4.69) is 59.0 Å². The standard InChI is InChI=1S/C11H14N2.C5H5.BrH.Fe/c1-2-12-7-8-13(10-12)9-11-5-3-4-6-11;1-2-4-5-3-1;;/h3-8,10H,2,9H2,1H3;1-5H;1H;/q;-1;;+2/p-1. The van der Waals surface area contributed by atoms with E-state index in [1.807, 2.05) is 30.3 Å². The van der Waals surface area contributed by atoms with Crippen molar-refractivity contribution in [3.05, 3.63) is 78.9 Å². The molecular formula is C16H19BrFeN2. The van der Waals surface area contributed by atoms with Gasteiger partial charge in [0.1, 0.15) is 12.4 Å². The van der Waals surface area contributed by atoms with E-state index in [1.54, 1.807) is 0 Å². The molecule has 1 aromatic heterocycles. The van der Waals surface area contributed by atoms with E-state index >= 15 is 0 Å². The van der Waals surface area contributed by atoms with E-state index in [1.165, 1.54) is 5.56 Å². The van der Waals surface area contributed by atoms with Crippen molar-refractivity contribution in [3.8, 4) is 0 Å².